The van der Waals surface area contributed by atoms with Crippen molar-refractivity contribution in [2.45, 2.75) is 51.1 Å². The van der Waals surface area contributed by atoms with Gasteiger partial charge in [-0.05, 0) is 31.9 Å². The van der Waals surface area contributed by atoms with Gasteiger partial charge in [-0.25, -0.2) is 4.79 Å². The Morgan fingerprint density at radius 2 is 1.82 bits per heavy atom. The van der Waals surface area contributed by atoms with Crippen LogP contribution < -0.4 is 16.4 Å². The number of carbonyl (C=O) groups is 2. The van der Waals surface area contributed by atoms with Crippen LogP contribution in [0.4, 0.5) is 22.4 Å². The molecule has 1 saturated heterocycles. The fraction of sp³-hybridized carbons (Fsp3) is 0.421. The van der Waals surface area contributed by atoms with Gasteiger partial charge in [-0.1, -0.05) is 37.0 Å². The first kappa shape index (κ1) is 18.1. The monoisotopic (exact) mass is 381 g/mol. The number of aromatic nitrogens is 3. The van der Waals surface area contributed by atoms with Crippen molar-refractivity contribution in [3.63, 3.8) is 0 Å². The maximum Gasteiger partial charge on any atom is 0.325 e. The van der Waals surface area contributed by atoms with E-state index in [-0.39, 0.29) is 30.2 Å². The maximum atomic E-state index is 12.9. The summed E-state index contributed by atoms with van der Waals surface area (Å²) in [5.41, 5.74) is 6.98. The summed E-state index contributed by atoms with van der Waals surface area (Å²) < 4.78 is 0. The van der Waals surface area contributed by atoms with Crippen molar-refractivity contribution >= 4 is 29.5 Å². The van der Waals surface area contributed by atoms with E-state index >= 15 is 0 Å². The molecule has 1 spiro atoms. The van der Waals surface area contributed by atoms with E-state index < -0.39 is 11.6 Å². The zero-order valence-corrected chi connectivity index (χ0v) is 15.7. The van der Waals surface area contributed by atoms with Crippen LogP contribution in [0.15, 0.2) is 24.3 Å². The number of aryl methyl sites for hydroxylation is 1. The lowest BCUT2D eigenvalue weighted by atomic mass is 9.82. The molecule has 3 amide bonds. The van der Waals surface area contributed by atoms with Gasteiger partial charge in [0.25, 0.3) is 5.91 Å². The summed E-state index contributed by atoms with van der Waals surface area (Å²) in [5, 5.41) is 5.95. The van der Waals surface area contributed by atoms with Gasteiger partial charge in [0.2, 0.25) is 11.9 Å². The third kappa shape index (κ3) is 3.47. The molecule has 0 unspecified atom stereocenters. The molecular formula is C19H23N7O2. The number of amides is 3. The molecule has 28 heavy (non-hydrogen) atoms. The Balaban J connectivity index is 1.53. The Hall–Kier alpha value is -3.23. The SMILES string of the molecule is Cc1ccc(Nc2nc(N)nc(CN3C(=O)NC4(CCCCC4)C3=O)n2)cc1. The second kappa shape index (κ2) is 7.06. The van der Waals surface area contributed by atoms with Gasteiger partial charge >= 0.3 is 6.03 Å². The number of nitrogen functional groups attached to an aromatic ring is 1. The second-order valence-electron chi connectivity index (χ2n) is 7.39. The normalized spacial score (nSPS) is 18.4. The largest absolute Gasteiger partial charge is 0.368 e. The van der Waals surface area contributed by atoms with Crippen molar-refractivity contribution in [2.24, 2.45) is 0 Å². The molecule has 2 aliphatic rings. The molecular weight excluding hydrogens is 358 g/mol. The average molecular weight is 381 g/mol. The van der Waals surface area contributed by atoms with E-state index in [2.05, 4.69) is 25.6 Å². The summed E-state index contributed by atoms with van der Waals surface area (Å²) >= 11 is 0. The van der Waals surface area contributed by atoms with Gasteiger partial charge in [-0.3, -0.25) is 9.69 Å². The zero-order chi connectivity index (χ0) is 19.7. The average Bonchev–Trinajstić information content (AvgIpc) is 2.88. The predicted molar refractivity (Wildman–Crippen MR) is 104 cm³/mol. The summed E-state index contributed by atoms with van der Waals surface area (Å²) in [6.07, 6.45) is 4.30. The summed E-state index contributed by atoms with van der Waals surface area (Å²) in [6.45, 7) is 1.96. The quantitative estimate of drug-likeness (QED) is 0.693. The number of rotatable bonds is 4. The molecule has 0 radical (unpaired) electrons. The summed E-state index contributed by atoms with van der Waals surface area (Å²) in [4.78, 5) is 39.0. The van der Waals surface area contributed by atoms with Crippen LogP contribution >= 0.6 is 0 Å². The van der Waals surface area contributed by atoms with Gasteiger partial charge < -0.3 is 16.4 Å². The van der Waals surface area contributed by atoms with E-state index in [1.54, 1.807) is 0 Å². The molecule has 0 bridgehead atoms. The minimum absolute atomic E-state index is 0.0269. The number of benzene rings is 1. The molecule has 2 aromatic rings. The van der Waals surface area contributed by atoms with E-state index in [1.807, 2.05) is 31.2 Å². The second-order valence-corrected chi connectivity index (χ2v) is 7.39. The summed E-state index contributed by atoms with van der Waals surface area (Å²) in [5.74, 6) is 0.354. The number of nitrogens with one attached hydrogen (secondary N) is 2. The number of carbonyl (C=O) groups excluding carboxylic acids is 2. The van der Waals surface area contributed by atoms with E-state index in [1.165, 1.54) is 4.90 Å². The van der Waals surface area contributed by atoms with E-state index in [9.17, 15) is 9.59 Å². The lowest BCUT2D eigenvalue weighted by molar-refractivity contribution is -0.132. The van der Waals surface area contributed by atoms with Crippen molar-refractivity contribution in [2.75, 3.05) is 11.1 Å². The van der Waals surface area contributed by atoms with Gasteiger partial charge in [-0.15, -0.1) is 0 Å². The van der Waals surface area contributed by atoms with Crippen LogP contribution in [0, 0.1) is 6.92 Å². The molecule has 146 valence electrons. The molecule has 2 fully saturated rings. The number of nitrogens with two attached hydrogens (primary N) is 1. The predicted octanol–water partition coefficient (Wildman–Crippen LogP) is 2.26. The topological polar surface area (TPSA) is 126 Å². The van der Waals surface area contributed by atoms with Gasteiger partial charge in [0.15, 0.2) is 5.82 Å². The lowest BCUT2D eigenvalue weighted by Gasteiger charge is -2.30. The van der Waals surface area contributed by atoms with Gasteiger partial charge in [0.05, 0.1) is 6.54 Å². The Labute approximate surface area is 162 Å². The molecule has 1 aliphatic carbocycles. The van der Waals surface area contributed by atoms with Crippen molar-refractivity contribution in [3.05, 3.63) is 35.7 Å². The number of hydrogen-bond donors (Lipinski definition) is 3. The molecule has 1 aromatic heterocycles. The van der Waals surface area contributed by atoms with Crippen molar-refractivity contribution in [1.29, 1.82) is 0 Å². The molecule has 1 saturated carbocycles. The van der Waals surface area contributed by atoms with E-state index in [0.717, 1.165) is 30.5 Å². The molecule has 0 atom stereocenters. The van der Waals surface area contributed by atoms with E-state index in [4.69, 9.17) is 5.73 Å². The number of hydrogen-bond acceptors (Lipinski definition) is 7. The van der Waals surface area contributed by atoms with Crippen molar-refractivity contribution in [3.8, 4) is 0 Å². The standard InChI is InChI=1S/C19H23N7O2/c1-12-5-7-13(8-6-12)21-17-23-14(22-16(20)24-17)11-26-15(27)19(25-18(26)28)9-3-2-4-10-19/h5-8H,2-4,9-11H2,1H3,(H,25,28)(H3,20,21,22,23,24). The highest BCUT2D eigenvalue weighted by Crippen LogP contribution is 2.34. The maximum absolute atomic E-state index is 12.9. The van der Waals surface area contributed by atoms with Gasteiger partial charge in [0.1, 0.15) is 5.54 Å². The van der Waals surface area contributed by atoms with Crippen LogP contribution in [-0.4, -0.2) is 37.3 Å². The smallest absolute Gasteiger partial charge is 0.325 e. The number of urea groups is 1. The minimum Gasteiger partial charge on any atom is -0.368 e. The molecule has 1 aromatic carbocycles. The van der Waals surface area contributed by atoms with Gasteiger partial charge in [0, 0.05) is 5.69 Å². The van der Waals surface area contributed by atoms with E-state index in [0.29, 0.717) is 12.8 Å². The number of nitrogens with zero attached hydrogens (tertiary/aromatic N) is 4. The van der Waals surface area contributed by atoms with Crippen LogP contribution in [-0.2, 0) is 11.3 Å². The first-order valence-corrected chi connectivity index (χ1v) is 9.43. The lowest BCUT2D eigenvalue weighted by Crippen LogP contribution is -2.48. The third-order valence-corrected chi connectivity index (χ3v) is 5.26. The molecule has 1 aliphatic heterocycles. The Morgan fingerprint density at radius 3 is 2.54 bits per heavy atom. The van der Waals surface area contributed by atoms with Crippen LogP contribution in [0.2, 0.25) is 0 Å². The van der Waals surface area contributed by atoms with Crippen LogP contribution in [0.3, 0.4) is 0 Å². The fourth-order valence-corrected chi connectivity index (χ4v) is 3.79. The van der Waals surface area contributed by atoms with Gasteiger partial charge in [-0.2, -0.15) is 15.0 Å². The summed E-state index contributed by atoms with van der Waals surface area (Å²) in [7, 11) is 0. The zero-order valence-electron chi connectivity index (χ0n) is 15.7. The summed E-state index contributed by atoms with van der Waals surface area (Å²) in [6, 6.07) is 7.33. The Morgan fingerprint density at radius 1 is 1.11 bits per heavy atom. The highest BCUT2D eigenvalue weighted by atomic mass is 16.2. The Bertz CT molecular complexity index is 907. The minimum atomic E-state index is -0.767. The molecule has 4 N–H and O–H groups in total. The van der Waals surface area contributed by atoms with Crippen LogP contribution in [0.5, 0.6) is 0 Å². The first-order valence-electron chi connectivity index (χ1n) is 9.43. The molecule has 9 heteroatoms. The highest BCUT2D eigenvalue weighted by molar-refractivity contribution is 6.07. The molecule has 4 rings (SSSR count). The number of imide groups is 1. The number of anilines is 3. The third-order valence-electron chi connectivity index (χ3n) is 5.26. The molecule has 2 heterocycles. The van der Waals surface area contributed by atoms with Crippen molar-refractivity contribution in [1.82, 2.24) is 25.2 Å². The van der Waals surface area contributed by atoms with Crippen LogP contribution in [0.1, 0.15) is 43.5 Å². The van der Waals surface area contributed by atoms with Crippen LogP contribution in [0.25, 0.3) is 0 Å². The fourth-order valence-electron chi connectivity index (χ4n) is 3.79. The first-order chi connectivity index (χ1) is 13.4. The van der Waals surface area contributed by atoms with Crippen molar-refractivity contribution < 1.29 is 9.59 Å². The highest BCUT2D eigenvalue weighted by Gasteiger charge is 2.51. The molecule has 9 nitrogen and oxygen atoms in total. The Kier molecular flexibility index (Phi) is 4.58.